The van der Waals surface area contributed by atoms with Gasteiger partial charge in [-0.3, -0.25) is 15.0 Å². The number of hydrogen-bond donors (Lipinski definition) is 1. The first-order valence-corrected chi connectivity index (χ1v) is 7.57. The lowest BCUT2D eigenvalue weighted by Gasteiger charge is -2.18. The summed E-state index contributed by atoms with van der Waals surface area (Å²) in [7, 11) is 1.49. The van der Waals surface area contributed by atoms with E-state index in [9.17, 15) is 23.3 Å². The normalized spacial score (nSPS) is 18.8. The zero-order valence-corrected chi connectivity index (χ0v) is 13.3. The summed E-state index contributed by atoms with van der Waals surface area (Å²) in [4.78, 5) is 11.8. The molecule has 0 unspecified atom stereocenters. The molecule has 1 aliphatic rings. The smallest absolute Gasteiger partial charge is 0.384 e. The SMILES string of the molecule is COCc1cc([N+](=O)[O-])ccc1NC[C@@H]1CCN(CC(F)(F)F)C1. The van der Waals surface area contributed by atoms with Crippen LogP contribution in [-0.4, -0.2) is 49.3 Å². The number of nitro benzene ring substituents is 1. The van der Waals surface area contributed by atoms with Crippen molar-refractivity contribution in [3.8, 4) is 0 Å². The Labute approximate surface area is 137 Å². The summed E-state index contributed by atoms with van der Waals surface area (Å²) in [5, 5.41) is 14.0. The Morgan fingerprint density at radius 2 is 2.21 bits per heavy atom. The number of alkyl halides is 3. The lowest BCUT2D eigenvalue weighted by Crippen LogP contribution is -2.33. The number of nitrogens with one attached hydrogen (secondary N) is 1. The molecular weight excluding hydrogens is 327 g/mol. The maximum atomic E-state index is 12.4. The first-order valence-electron chi connectivity index (χ1n) is 7.57. The predicted molar refractivity (Wildman–Crippen MR) is 82.9 cm³/mol. The van der Waals surface area contributed by atoms with Crippen molar-refractivity contribution in [3.63, 3.8) is 0 Å². The molecule has 1 atom stereocenters. The van der Waals surface area contributed by atoms with Crippen molar-refractivity contribution in [2.75, 3.05) is 38.6 Å². The summed E-state index contributed by atoms with van der Waals surface area (Å²) in [6, 6.07) is 4.44. The highest BCUT2D eigenvalue weighted by atomic mass is 19.4. The lowest BCUT2D eigenvalue weighted by molar-refractivity contribution is -0.384. The second kappa shape index (κ2) is 7.80. The first-order chi connectivity index (χ1) is 11.3. The molecule has 9 heteroatoms. The molecule has 1 N–H and O–H groups in total. The molecule has 1 aliphatic heterocycles. The van der Waals surface area contributed by atoms with Crippen LogP contribution in [0.25, 0.3) is 0 Å². The van der Waals surface area contributed by atoms with Gasteiger partial charge in [0.05, 0.1) is 18.1 Å². The summed E-state index contributed by atoms with van der Waals surface area (Å²) in [6.45, 7) is 0.671. The minimum absolute atomic E-state index is 0.0233. The number of hydrogen-bond acceptors (Lipinski definition) is 5. The number of halogens is 3. The summed E-state index contributed by atoms with van der Waals surface area (Å²) in [6.07, 6.45) is -3.48. The average molecular weight is 347 g/mol. The van der Waals surface area contributed by atoms with Crippen molar-refractivity contribution in [1.82, 2.24) is 4.90 Å². The number of likely N-dealkylation sites (tertiary alicyclic amines) is 1. The van der Waals surface area contributed by atoms with E-state index in [1.165, 1.54) is 24.1 Å². The van der Waals surface area contributed by atoms with Gasteiger partial charge in [0, 0.05) is 43.6 Å². The van der Waals surface area contributed by atoms with Crippen molar-refractivity contribution in [3.05, 3.63) is 33.9 Å². The van der Waals surface area contributed by atoms with Crippen LogP contribution >= 0.6 is 0 Å². The topological polar surface area (TPSA) is 67.6 Å². The van der Waals surface area contributed by atoms with Gasteiger partial charge in [0.15, 0.2) is 0 Å². The van der Waals surface area contributed by atoms with Gasteiger partial charge in [-0.15, -0.1) is 0 Å². The molecule has 0 bridgehead atoms. The molecule has 2 rings (SSSR count). The Morgan fingerprint density at radius 1 is 1.46 bits per heavy atom. The summed E-state index contributed by atoms with van der Waals surface area (Å²) < 4.78 is 42.3. The lowest BCUT2D eigenvalue weighted by atomic mass is 10.1. The van der Waals surface area contributed by atoms with E-state index in [0.717, 1.165) is 0 Å². The Kier molecular flexibility index (Phi) is 6.00. The predicted octanol–water partition coefficient (Wildman–Crippen LogP) is 3.04. The fourth-order valence-electron chi connectivity index (χ4n) is 2.87. The van der Waals surface area contributed by atoms with Gasteiger partial charge in [-0.25, -0.2) is 0 Å². The summed E-state index contributed by atoms with van der Waals surface area (Å²) in [5.74, 6) is 0.109. The molecule has 0 aromatic heterocycles. The second-order valence-electron chi connectivity index (χ2n) is 5.92. The van der Waals surface area contributed by atoms with Gasteiger partial charge in [0.2, 0.25) is 0 Å². The van der Waals surface area contributed by atoms with Crippen molar-refractivity contribution < 1.29 is 22.8 Å². The van der Waals surface area contributed by atoms with E-state index in [1.54, 1.807) is 6.07 Å². The molecule has 134 valence electrons. The Bertz CT molecular complexity index is 581. The van der Waals surface area contributed by atoms with Gasteiger partial charge in [-0.1, -0.05) is 0 Å². The van der Waals surface area contributed by atoms with Crippen LogP contribution in [0.5, 0.6) is 0 Å². The number of nitro groups is 1. The molecule has 0 aliphatic carbocycles. The van der Waals surface area contributed by atoms with E-state index in [-0.39, 0.29) is 18.2 Å². The van der Waals surface area contributed by atoms with Gasteiger partial charge >= 0.3 is 6.18 Å². The highest BCUT2D eigenvalue weighted by Crippen LogP contribution is 2.26. The third kappa shape index (κ3) is 5.34. The zero-order valence-electron chi connectivity index (χ0n) is 13.3. The number of benzene rings is 1. The second-order valence-corrected chi connectivity index (χ2v) is 5.92. The van der Waals surface area contributed by atoms with Gasteiger partial charge in [-0.2, -0.15) is 13.2 Å². The van der Waals surface area contributed by atoms with Gasteiger partial charge in [-0.05, 0) is 24.9 Å². The molecule has 0 spiro atoms. The van der Waals surface area contributed by atoms with Crippen LogP contribution in [0, 0.1) is 16.0 Å². The quantitative estimate of drug-likeness (QED) is 0.607. The maximum absolute atomic E-state index is 12.4. The number of nitrogens with zero attached hydrogens (tertiary/aromatic N) is 2. The third-order valence-corrected chi connectivity index (χ3v) is 3.95. The molecule has 1 saturated heterocycles. The van der Waals surface area contributed by atoms with Gasteiger partial charge < -0.3 is 10.1 Å². The van der Waals surface area contributed by atoms with Crippen LogP contribution < -0.4 is 5.32 Å². The zero-order chi connectivity index (χ0) is 17.7. The monoisotopic (exact) mass is 347 g/mol. The number of anilines is 1. The van der Waals surface area contributed by atoms with Crippen LogP contribution in [0.15, 0.2) is 18.2 Å². The molecular formula is C15H20F3N3O3. The standard InChI is InChI=1S/C15H20F3N3O3/c1-24-9-12-6-13(21(22)23)2-3-14(12)19-7-11-4-5-20(8-11)10-15(16,17)18/h2-3,6,11,19H,4-5,7-10H2,1H3/t11-/m0/s1. The Balaban J connectivity index is 1.93. The molecule has 6 nitrogen and oxygen atoms in total. The van der Waals surface area contributed by atoms with Gasteiger partial charge in [0.1, 0.15) is 0 Å². The highest BCUT2D eigenvalue weighted by molar-refractivity contribution is 5.55. The molecule has 1 fully saturated rings. The van der Waals surface area contributed by atoms with Crippen LogP contribution in [0.3, 0.4) is 0 Å². The highest BCUT2D eigenvalue weighted by Gasteiger charge is 2.34. The summed E-state index contributed by atoms with van der Waals surface area (Å²) in [5.41, 5.74) is 1.33. The van der Waals surface area contributed by atoms with Crippen molar-refractivity contribution in [1.29, 1.82) is 0 Å². The van der Waals surface area contributed by atoms with E-state index >= 15 is 0 Å². The van der Waals surface area contributed by atoms with E-state index in [1.807, 2.05) is 0 Å². The molecule has 1 heterocycles. The minimum atomic E-state index is -4.17. The van der Waals surface area contributed by atoms with Crippen LogP contribution in [-0.2, 0) is 11.3 Å². The molecule has 24 heavy (non-hydrogen) atoms. The average Bonchev–Trinajstić information content (AvgIpc) is 2.91. The Hall–Kier alpha value is -1.87. The number of methoxy groups -OCH3 is 1. The minimum Gasteiger partial charge on any atom is -0.384 e. The van der Waals surface area contributed by atoms with Gasteiger partial charge in [0.25, 0.3) is 5.69 Å². The maximum Gasteiger partial charge on any atom is 0.401 e. The van der Waals surface area contributed by atoms with Crippen LogP contribution in [0.1, 0.15) is 12.0 Å². The van der Waals surface area contributed by atoms with E-state index in [4.69, 9.17) is 4.74 Å². The summed E-state index contributed by atoms with van der Waals surface area (Å²) >= 11 is 0. The van der Waals surface area contributed by atoms with Crippen molar-refractivity contribution in [2.45, 2.75) is 19.2 Å². The van der Waals surface area contributed by atoms with Crippen molar-refractivity contribution >= 4 is 11.4 Å². The molecule has 0 amide bonds. The van der Waals surface area contributed by atoms with E-state index in [0.29, 0.717) is 37.3 Å². The number of rotatable bonds is 7. The molecule has 0 radical (unpaired) electrons. The first kappa shape index (κ1) is 18.5. The fourth-order valence-corrected chi connectivity index (χ4v) is 2.87. The van der Waals surface area contributed by atoms with Crippen LogP contribution in [0.2, 0.25) is 0 Å². The molecule has 1 aromatic rings. The molecule has 1 aromatic carbocycles. The Morgan fingerprint density at radius 3 is 2.83 bits per heavy atom. The number of non-ortho nitro benzene ring substituents is 1. The fraction of sp³-hybridized carbons (Fsp3) is 0.600. The van der Waals surface area contributed by atoms with Crippen LogP contribution in [0.4, 0.5) is 24.5 Å². The van der Waals surface area contributed by atoms with E-state index in [2.05, 4.69) is 5.32 Å². The van der Waals surface area contributed by atoms with Crippen molar-refractivity contribution in [2.24, 2.45) is 5.92 Å². The largest absolute Gasteiger partial charge is 0.401 e. The number of ether oxygens (including phenoxy) is 1. The molecule has 0 saturated carbocycles. The third-order valence-electron chi connectivity index (χ3n) is 3.95. The van der Waals surface area contributed by atoms with E-state index < -0.39 is 17.6 Å².